The van der Waals surface area contributed by atoms with Crippen molar-refractivity contribution in [2.75, 3.05) is 20.3 Å². The highest BCUT2D eigenvalue weighted by atomic mass is 32.1. The molecule has 4 nitrogen and oxygen atoms in total. The number of hydrogen-bond donors (Lipinski definition) is 2. The second-order valence-corrected chi connectivity index (χ2v) is 3.66. The van der Waals surface area contributed by atoms with Gasteiger partial charge in [0.1, 0.15) is 11.6 Å². The fraction of sp³-hybridized carbons (Fsp3) is 0.273. The quantitative estimate of drug-likeness (QED) is 0.368. The van der Waals surface area contributed by atoms with E-state index in [0.717, 1.165) is 18.3 Å². The van der Waals surface area contributed by atoms with Gasteiger partial charge in [-0.05, 0) is 24.4 Å². The van der Waals surface area contributed by atoms with Crippen LogP contribution in [-0.4, -0.2) is 31.6 Å². The minimum atomic E-state index is -0.682. The largest absolute Gasteiger partial charge is 0.383 e. The van der Waals surface area contributed by atoms with Crippen molar-refractivity contribution in [1.29, 1.82) is 0 Å². The van der Waals surface area contributed by atoms with Crippen LogP contribution in [0.15, 0.2) is 23.3 Å². The van der Waals surface area contributed by atoms with E-state index < -0.39 is 11.6 Å². The van der Waals surface area contributed by atoms with Crippen molar-refractivity contribution in [2.24, 2.45) is 5.10 Å². The fourth-order valence-electron chi connectivity index (χ4n) is 1.10. The Morgan fingerprint density at radius 2 is 2.11 bits per heavy atom. The van der Waals surface area contributed by atoms with E-state index in [4.69, 9.17) is 17.0 Å². The predicted molar refractivity (Wildman–Crippen MR) is 69.6 cm³/mol. The molecule has 1 aromatic carbocycles. The smallest absolute Gasteiger partial charge is 0.187 e. The number of thiocarbonyl (C=S) groups is 1. The first-order chi connectivity index (χ1) is 8.65. The Morgan fingerprint density at radius 3 is 2.72 bits per heavy atom. The number of hydrogen-bond acceptors (Lipinski definition) is 3. The third-order valence-corrected chi connectivity index (χ3v) is 2.19. The second-order valence-electron chi connectivity index (χ2n) is 3.25. The topological polar surface area (TPSA) is 45.6 Å². The highest BCUT2D eigenvalue weighted by Gasteiger charge is 2.04. The van der Waals surface area contributed by atoms with E-state index in [2.05, 4.69) is 15.8 Å². The van der Waals surface area contributed by atoms with Crippen molar-refractivity contribution < 1.29 is 13.5 Å². The van der Waals surface area contributed by atoms with Crippen LogP contribution < -0.4 is 10.7 Å². The summed E-state index contributed by atoms with van der Waals surface area (Å²) in [6.07, 6.45) is 1.04. The van der Waals surface area contributed by atoms with E-state index in [0.29, 0.717) is 13.2 Å². The number of nitrogens with one attached hydrogen (secondary N) is 2. The first kappa shape index (κ1) is 14.5. The molecule has 0 aromatic heterocycles. The van der Waals surface area contributed by atoms with Crippen LogP contribution in [0.4, 0.5) is 8.78 Å². The lowest BCUT2D eigenvalue weighted by Gasteiger charge is -2.05. The maximum atomic E-state index is 13.2. The molecule has 0 fully saturated rings. The van der Waals surface area contributed by atoms with Gasteiger partial charge in [0.25, 0.3) is 0 Å². The Balaban J connectivity index is 2.47. The molecular formula is C11H13F2N3OS. The SMILES string of the molecule is COCCNC(=S)NN=Cc1c(F)cccc1F. The van der Waals surface area contributed by atoms with Crippen molar-refractivity contribution in [3.8, 4) is 0 Å². The lowest BCUT2D eigenvalue weighted by atomic mass is 10.2. The van der Waals surface area contributed by atoms with E-state index in [1.165, 1.54) is 6.07 Å². The molecule has 2 N–H and O–H groups in total. The summed E-state index contributed by atoms with van der Waals surface area (Å²) >= 11 is 4.87. The number of halogens is 2. The van der Waals surface area contributed by atoms with Crippen molar-refractivity contribution >= 4 is 23.5 Å². The van der Waals surface area contributed by atoms with E-state index in [9.17, 15) is 8.78 Å². The third kappa shape index (κ3) is 4.72. The van der Waals surface area contributed by atoms with Gasteiger partial charge in [-0.2, -0.15) is 5.10 Å². The van der Waals surface area contributed by atoms with Gasteiger partial charge in [0.15, 0.2) is 5.11 Å². The molecular weight excluding hydrogens is 260 g/mol. The molecule has 0 aliphatic heterocycles. The van der Waals surface area contributed by atoms with Gasteiger partial charge in [0.05, 0.1) is 18.4 Å². The van der Waals surface area contributed by atoms with E-state index in [1.54, 1.807) is 7.11 Å². The Labute approximate surface area is 109 Å². The number of rotatable bonds is 5. The molecule has 1 aromatic rings. The third-order valence-electron chi connectivity index (χ3n) is 1.95. The van der Waals surface area contributed by atoms with Gasteiger partial charge in [0.2, 0.25) is 0 Å². The standard InChI is InChI=1S/C11H13F2N3OS/c1-17-6-5-14-11(18)16-15-7-8-9(12)3-2-4-10(8)13/h2-4,7H,5-6H2,1H3,(H2,14,16,18). The van der Waals surface area contributed by atoms with Crippen molar-refractivity contribution in [1.82, 2.24) is 10.7 Å². The molecule has 7 heteroatoms. The molecule has 0 bridgehead atoms. The summed E-state index contributed by atoms with van der Waals surface area (Å²) in [5, 5.41) is 6.69. The van der Waals surface area contributed by atoms with Gasteiger partial charge in [-0.3, -0.25) is 5.43 Å². The zero-order chi connectivity index (χ0) is 13.4. The van der Waals surface area contributed by atoms with Crippen molar-refractivity contribution in [3.05, 3.63) is 35.4 Å². The van der Waals surface area contributed by atoms with E-state index >= 15 is 0 Å². The van der Waals surface area contributed by atoms with Gasteiger partial charge in [-0.15, -0.1) is 0 Å². The molecule has 0 atom stereocenters. The zero-order valence-electron chi connectivity index (χ0n) is 9.74. The minimum Gasteiger partial charge on any atom is -0.383 e. The molecule has 0 radical (unpaired) electrons. The summed E-state index contributed by atoms with van der Waals surface area (Å²) in [4.78, 5) is 0. The molecule has 0 saturated heterocycles. The summed E-state index contributed by atoms with van der Waals surface area (Å²) in [5.74, 6) is -1.36. The summed E-state index contributed by atoms with van der Waals surface area (Å²) in [7, 11) is 1.57. The number of hydrazone groups is 1. The molecule has 0 spiro atoms. The maximum Gasteiger partial charge on any atom is 0.187 e. The first-order valence-electron chi connectivity index (χ1n) is 5.15. The first-order valence-corrected chi connectivity index (χ1v) is 5.56. The van der Waals surface area contributed by atoms with Crippen LogP contribution in [0.2, 0.25) is 0 Å². The highest BCUT2D eigenvalue weighted by molar-refractivity contribution is 7.80. The molecule has 0 saturated carbocycles. The van der Waals surface area contributed by atoms with E-state index in [1.807, 2.05) is 0 Å². The van der Waals surface area contributed by atoms with Gasteiger partial charge >= 0.3 is 0 Å². The maximum absolute atomic E-state index is 13.2. The van der Waals surface area contributed by atoms with Crippen LogP contribution in [0, 0.1) is 11.6 Å². The Hall–Kier alpha value is -1.60. The monoisotopic (exact) mass is 273 g/mol. The normalized spacial score (nSPS) is 10.6. The average molecular weight is 273 g/mol. The van der Waals surface area contributed by atoms with Gasteiger partial charge in [0, 0.05) is 13.7 Å². The molecule has 0 aliphatic carbocycles. The van der Waals surface area contributed by atoms with Crippen molar-refractivity contribution in [2.45, 2.75) is 0 Å². The van der Waals surface area contributed by atoms with Crippen LogP contribution in [0.3, 0.4) is 0 Å². The summed E-state index contributed by atoms with van der Waals surface area (Å²) in [6.45, 7) is 1.01. The Bertz CT molecular complexity index is 420. The zero-order valence-corrected chi connectivity index (χ0v) is 10.6. The second kappa shape index (κ2) is 7.67. The Morgan fingerprint density at radius 1 is 1.44 bits per heavy atom. The van der Waals surface area contributed by atoms with Gasteiger partial charge < -0.3 is 10.1 Å². The molecule has 0 aliphatic rings. The van der Waals surface area contributed by atoms with Crippen molar-refractivity contribution in [3.63, 3.8) is 0 Å². The molecule has 1 rings (SSSR count). The number of nitrogens with zero attached hydrogens (tertiary/aromatic N) is 1. The number of benzene rings is 1. The van der Waals surface area contributed by atoms with Crippen LogP contribution in [0.1, 0.15) is 5.56 Å². The summed E-state index contributed by atoms with van der Waals surface area (Å²) in [5.41, 5.74) is 2.23. The number of methoxy groups -OCH3 is 1. The molecule has 98 valence electrons. The molecule has 0 heterocycles. The van der Waals surface area contributed by atoms with Crippen LogP contribution in [0.5, 0.6) is 0 Å². The minimum absolute atomic E-state index is 0.218. The van der Waals surface area contributed by atoms with Crippen LogP contribution in [-0.2, 0) is 4.74 Å². The van der Waals surface area contributed by atoms with Gasteiger partial charge in [-0.25, -0.2) is 8.78 Å². The number of ether oxygens (including phenoxy) is 1. The highest BCUT2D eigenvalue weighted by Crippen LogP contribution is 2.08. The molecule has 0 amide bonds. The van der Waals surface area contributed by atoms with E-state index in [-0.39, 0.29) is 10.7 Å². The average Bonchev–Trinajstić information content (AvgIpc) is 2.33. The fourth-order valence-corrected chi connectivity index (χ4v) is 1.25. The van der Waals surface area contributed by atoms with Gasteiger partial charge in [-0.1, -0.05) is 6.07 Å². The lowest BCUT2D eigenvalue weighted by Crippen LogP contribution is -2.34. The molecule has 18 heavy (non-hydrogen) atoms. The Kier molecular flexibility index (Phi) is 6.16. The summed E-state index contributed by atoms with van der Waals surface area (Å²) in [6, 6.07) is 3.59. The van der Waals surface area contributed by atoms with Crippen LogP contribution >= 0.6 is 12.2 Å². The summed E-state index contributed by atoms with van der Waals surface area (Å²) < 4.78 is 31.2. The van der Waals surface area contributed by atoms with Crippen LogP contribution in [0.25, 0.3) is 0 Å². The molecule has 0 unspecified atom stereocenters. The predicted octanol–water partition coefficient (Wildman–Crippen LogP) is 1.41. The lowest BCUT2D eigenvalue weighted by molar-refractivity contribution is 0.204.